The summed E-state index contributed by atoms with van der Waals surface area (Å²) in [6.07, 6.45) is 4.73. The third kappa shape index (κ3) is 3.32. The third-order valence-electron chi connectivity index (χ3n) is 2.89. The number of aromatic nitrogens is 1. The van der Waals surface area contributed by atoms with Crippen molar-refractivity contribution in [3.8, 4) is 0 Å². The van der Waals surface area contributed by atoms with Gasteiger partial charge in [-0.25, -0.2) is 8.42 Å². The Morgan fingerprint density at radius 1 is 1.21 bits per heavy atom. The van der Waals surface area contributed by atoms with Gasteiger partial charge in [0.2, 0.25) is 0 Å². The summed E-state index contributed by atoms with van der Waals surface area (Å²) in [4.78, 5) is 4.35. The molecule has 5 heteroatoms. The molecule has 0 radical (unpaired) electrons. The molecule has 4 nitrogen and oxygen atoms in total. The van der Waals surface area contributed by atoms with E-state index in [0.29, 0.717) is 17.1 Å². The van der Waals surface area contributed by atoms with Crippen LogP contribution in [-0.2, 0) is 16.4 Å². The van der Waals surface area contributed by atoms with Crippen molar-refractivity contribution >= 4 is 15.5 Å². The lowest BCUT2D eigenvalue weighted by Crippen LogP contribution is -2.07. The maximum absolute atomic E-state index is 11.7. The molecule has 0 aliphatic carbocycles. The van der Waals surface area contributed by atoms with E-state index >= 15 is 0 Å². The first kappa shape index (κ1) is 13.5. The highest BCUT2D eigenvalue weighted by molar-refractivity contribution is 7.90. The van der Waals surface area contributed by atoms with Gasteiger partial charge in [-0.05, 0) is 36.2 Å². The Morgan fingerprint density at radius 3 is 2.63 bits per heavy atom. The summed E-state index contributed by atoms with van der Waals surface area (Å²) in [6.45, 7) is 2.55. The number of nitrogens with zero attached hydrogens (tertiary/aromatic N) is 1. The van der Waals surface area contributed by atoms with Gasteiger partial charge in [0.25, 0.3) is 0 Å². The molecule has 0 aliphatic rings. The van der Waals surface area contributed by atoms with E-state index in [1.54, 1.807) is 30.6 Å². The maximum atomic E-state index is 11.7. The lowest BCUT2D eigenvalue weighted by Gasteiger charge is -2.11. The minimum Gasteiger partial charge on any atom is -0.380 e. The molecular weight excluding hydrogens is 260 g/mol. The summed E-state index contributed by atoms with van der Waals surface area (Å²) in [5.41, 5.74) is 2.80. The molecule has 1 aromatic heterocycles. The second kappa shape index (κ2) is 5.40. The molecule has 2 aromatic rings. The molecule has 0 saturated heterocycles. The summed E-state index contributed by atoms with van der Waals surface area (Å²) in [7, 11) is -3.22. The highest BCUT2D eigenvalue weighted by atomic mass is 32.2. The second-order valence-corrected chi connectivity index (χ2v) is 6.41. The van der Waals surface area contributed by atoms with Crippen LogP contribution < -0.4 is 5.32 Å². The number of hydrogen-bond donors (Lipinski definition) is 1. The van der Waals surface area contributed by atoms with Crippen LogP contribution in [0.3, 0.4) is 0 Å². The number of anilines is 1. The number of para-hydroxylation sites is 1. The van der Waals surface area contributed by atoms with E-state index in [9.17, 15) is 8.42 Å². The predicted octanol–water partition coefficient (Wildman–Crippen LogP) is 2.41. The molecule has 0 saturated carbocycles. The Kier molecular flexibility index (Phi) is 3.85. The number of benzene rings is 1. The molecule has 0 fully saturated rings. The second-order valence-electron chi connectivity index (χ2n) is 4.42. The fourth-order valence-corrected chi connectivity index (χ4v) is 2.69. The van der Waals surface area contributed by atoms with Crippen molar-refractivity contribution in [2.45, 2.75) is 18.4 Å². The zero-order valence-corrected chi connectivity index (χ0v) is 11.7. The van der Waals surface area contributed by atoms with Crippen LogP contribution in [0.1, 0.15) is 11.1 Å². The van der Waals surface area contributed by atoms with E-state index in [0.717, 1.165) is 11.1 Å². The van der Waals surface area contributed by atoms with E-state index in [2.05, 4.69) is 10.3 Å². The summed E-state index contributed by atoms with van der Waals surface area (Å²) in [5, 5.41) is 3.17. The quantitative estimate of drug-likeness (QED) is 0.931. The van der Waals surface area contributed by atoms with Crippen molar-refractivity contribution in [3.05, 3.63) is 53.9 Å². The van der Waals surface area contributed by atoms with Gasteiger partial charge in [0.05, 0.1) is 10.6 Å². The molecule has 0 spiro atoms. The fraction of sp³-hybridized carbons (Fsp3) is 0.214. The lowest BCUT2D eigenvalue weighted by atomic mass is 10.1. The average molecular weight is 276 g/mol. The third-order valence-corrected chi connectivity index (χ3v) is 4.05. The molecule has 1 N–H and O–H groups in total. The van der Waals surface area contributed by atoms with Crippen LogP contribution in [-0.4, -0.2) is 19.7 Å². The minimum atomic E-state index is -3.22. The van der Waals surface area contributed by atoms with Crippen molar-refractivity contribution in [2.75, 3.05) is 11.6 Å². The van der Waals surface area contributed by atoms with E-state index in [1.165, 1.54) is 6.26 Å². The molecule has 0 bridgehead atoms. The Hall–Kier alpha value is -1.88. The number of nitrogens with one attached hydrogen (secondary N) is 1. The van der Waals surface area contributed by atoms with Crippen molar-refractivity contribution in [1.82, 2.24) is 4.98 Å². The number of pyridine rings is 1. The smallest absolute Gasteiger partial charge is 0.177 e. The molecule has 0 aliphatic heterocycles. The number of sulfone groups is 1. The molecule has 0 unspecified atom stereocenters. The van der Waals surface area contributed by atoms with Gasteiger partial charge >= 0.3 is 0 Å². The Bertz CT molecular complexity index is 681. The summed E-state index contributed by atoms with van der Waals surface area (Å²) in [6, 6.07) is 8.84. The van der Waals surface area contributed by atoms with E-state index in [-0.39, 0.29) is 0 Å². The molecule has 1 aromatic carbocycles. The van der Waals surface area contributed by atoms with Crippen LogP contribution >= 0.6 is 0 Å². The van der Waals surface area contributed by atoms with Crippen LogP contribution in [0, 0.1) is 6.92 Å². The van der Waals surface area contributed by atoms with E-state index in [4.69, 9.17) is 0 Å². The molecule has 0 atom stereocenters. The zero-order valence-electron chi connectivity index (χ0n) is 10.9. The Balaban J connectivity index is 2.24. The predicted molar refractivity (Wildman–Crippen MR) is 75.9 cm³/mol. The SMILES string of the molecule is Cc1cnccc1CNc1ccccc1S(C)(=O)=O. The largest absolute Gasteiger partial charge is 0.380 e. The Morgan fingerprint density at radius 2 is 1.95 bits per heavy atom. The number of aryl methyl sites for hydroxylation is 1. The highest BCUT2D eigenvalue weighted by Crippen LogP contribution is 2.21. The summed E-state index contributed by atoms with van der Waals surface area (Å²) < 4.78 is 23.4. The van der Waals surface area contributed by atoms with Gasteiger partial charge in [-0.1, -0.05) is 12.1 Å². The lowest BCUT2D eigenvalue weighted by molar-refractivity contribution is 0.602. The molecule has 2 rings (SSSR count). The first-order chi connectivity index (χ1) is 8.98. The summed E-state index contributed by atoms with van der Waals surface area (Å²) >= 11 is 0. The summed E-state index contributed by atoms with van der Waals surface area (Å²) in [5.74, 6) is 0. The van der Waals surface area contributed by atoms with Gasteiger partial charge in [0.15, 0.2) is 9.84 Å². The zero-order chi connectivity index (χ0) is 13.9. The minimum absolute atomic E-state index is 0.321. The first-order valence-corrected chi connectivity index (χ1v) is 7.80. The molecule has 100 valence electrons. The molecule has 0 amide bonds. The van der Waals surface area contributed by atoms with Crippen LogP contribution in [0.2, 0.25) is 0 Å². The van der Waals surface area contributed by atoms with E-state index < -0.39 is 9.84 Å². The van der Waals surface area contributed by atoms with Gasteiger partial charge in [-0.15, -0.1) is 0 Å². The van der Waals surface area contributed by atoms with Gasteiger partial charge in [-0.2, -0.15) is 0 Å². The maximum Gasteiger partial charge on any atom is 0.177 e. The average Bonchev–Trinajstić information content (AvgIpc) is 2.37. The van der Waals surface area contributed by atoms with Crippen molar-refractivity contribution in [2.24, 2.45) is 0 Å². The number of hydrogen-bond acceptors (Lipinski definition) is 4. The van der Waals surface area contributed by atoms with Crippen LogP contribution in [0.15, 0.2) is 47.6 Å². The van der Waals surface area contributed by atoms with Gasteiger partial charge < -0.3 is 5.32 Å². The Labute approximate surface area is 113 Å². The standard InChI is InChI=1S/C14H16N2O2S/c1-11-9-15-8-7-12(11)10-16-13-5-3-4-6-14(13)19(2,17)18/h3-9,16H,10H2,1-2H3. The normalized spacial score (nSPS) is 11.3. The topological polar surface area (TPSA) is 59.1 Å². The fourth-order valence-electron chi connectivity index (χ4n) is 1.83. The van der Waals surface area contributed by atoms with Crippen molar-refractivity contribution in [3.63, 3.8) is 0 Å². The van der Waals surface area contributed by atoms with Crippen LogP contribution in [0.5, 0.6) is 0 Å². The molecule has 19 heavy (non-hydrogen) atoms. The van der Waals surface area contributed by atoms with Crippen molar-refractivity contribution in [1.29, 1.82) is 0 Å². The van der Waals surface area contributed by atoms with Gasteiger partial charge in [0.1, 0.15) is 0 Å². The first-order valence-electron chi connectivity index (χ1n) is 5.91. The van der Waals surface area contributed by atoms with Crippen LogP contribution in [0.4, 0.5) is 5.69 Å². The number of rotatable bonds is 4. The van der Waals surface area contributed by atoms with Gasteiger partial charge in [0, 0.05) is 25.2 Å². The molecule has 1 heterocycles. The monoisotopic (exact) mass is 276 g/mol. The van der Waals surface area contributed by atoms with Crippen LogP contribution in [0.25, 0.3) is 0 Å². The van der Waals surface area contributed by atoms with Crippen molar-refractivity contribution < 1.29 is 8.42 Å². The highest BCUT2D eigenvalue weighted by Gasteiger charge is 2.12. The molecular formula is C14H16N2O2S. The van der Waals surface area contributed by atoms with E-state index in [1.807, 2.05) is 19.1 Å². The van der Waals surface area contributed by atoms with Gasteiger partial charge in [-0.3, -0.25) is 4.98 Å².